The average Bonchev–Trinajstić information content (AvgIpc) is 2.45. The van der Waals surface area contributed by atoms with E-state index >= 15 is 0 Å². The van der Waals surface area contributed by atoms with E-state index in [1.807, 2.05) is 30.3 Å². The molecule has 116 valence electrons. The third kappa shape index (κ3) is 5.26. The highest BCUT2D eigenvalue weighted by Gasteiger charge is 2.32. The van der Waals surface area contributed by atoms with Crippen molar-refractivity contribution in [1.29, 1.82) is 0 Å². The summed E-state index contributed by atoms with van der Waals surface area (Å²) in [5.74, 6) is 0. The molecule has 1 N–H and O–H groups in total. The van der Waals surface area contributed by atoms with Crippen LogP contribution in [0.5, 0.6) is 0 Å². The van der Waals surface area contributed by atoms with Crippen LogP contribution in [-0.4, -0.2) is 54.7 Å². The molecular formula is C14H18F3N3O. The van der Waals surface area contributed by atoms with Gasteiger partial charge in [-0.15, -0.1) is 0 Å². The Morgan fingerprint density at radius 1 is 1.10 bits per heavy atom. The van der Waals surface area contributed by atoms with Crippen molar-refractivity contribution in [2.75, 3.05) is 32.7 Å². The van der Waals surface area contributed by atoms with Crippen LogP contribution in [0.1, 0.15) is 5.56 Å². The lowest BCUT2D eigenvalue weighted by atomic mass is 10.2. The molecule has 1 fully saturated rings. The number of nitrogens with zero attached hydrogens (tertiary/aromatic N) is 2. The van der Waals surface area contributed by atoms with Crippen LogP contribution in [0, 0.1) is 0 Å². The topological polar surface area (TPSA) is 35.6 Å². The molecule has 1 aromatic carbocycles. The fourth-order valence-corrected chi connectivity index (χ4v) is 2.25. The van der Waals surface area contributed by atoms with Crippen molar-refractivity contribution in [3.8, 4) is 0 Å². The van der Waals surface area contributed by atoms with Crippen molar-refractivity contribution in [1.82, 2.24) is 15.1 Å². The number of piperazine rings is 1. The van der Waals surface area contributed by atoms with Gasteiger partial charge >= 0.3 is 12.2 Å². The Hall–Kier alpha value is -1.76. The van der Waals surface area contributed by atoms with Crippen molar-refractivity contribution in [2.24, 2.45) is 0 Å². The maximum Gasteiger partial charge on any atom is 0.401 e. The molecule has 0 atom stereocenters. The molecule has 2 amide bonds. The summed E-state index contributed by atoms with van der Waals surface area (Å²) in [6.07, 6.45) is -4.18. The van der Waals surface area contributed by atoms with Gasteiger partial charge in [0.25, 0.3) is 0 Å². The highest BCUT2D eigenvalue weighted by molar-refractivity contribution is 5.74. The first-order chi connectivity index (χ1) is 9.94. The summed E-state index contributed by atoms with van der Waals surface area (Å²) in [7, 11) is 0. The highest BCUT2D eigenvalue weighted by atomic mass is 19.4. The van der Waals surface area contributed by atoms with Gasteiger partial charge in [-0.05, 0) is 5.56 Å². The molecule has 0 aliphatic carbocycles. The van der Waals surface area contributed by atoms with E-state index in [0.717, 1.165) is 5.56 Å². The molecule has 2 rings (SSSR count). The van der Waals surface area contributed by atoms with Gasteiger partial charge in [0, 0.05) is 32.7 Å². The van der Waals surface area contributed by atoms with E-state index in [2.05, 4.69) is 5.32 Å². The largest absolute Gasteiger partial charge is 0.401 e. The second-order valence-electron chi connectivity index (χ2n) is 5.02. The molecule has 0 spiro atoms. The van der Waals surface area contributed by atoms with Gasteiger partial charge in [-0.3, -0.25) is 4.90 Å². The number of hydrogen-bond acceptors (Lipinski definition) is 2. The normalized spacial score (nSPS) is 16.8. The number of carbonyl (C=O) groups excluding carboxylic acids is 1. The second-order valence-corrected chi connectivity index (χ2v) is 5.02. The van der Waals surface area contributed by atoms with Crippen LogP contribution in [0.4, 0.5) is 18.0 Å². The van der Waals surface area contributed by atoms with Gasteiger partial charge in [0.15, 0.2) is 0 Å². The Kier molecular flexibility index (Phi) is 5.06. The predicted octanol–water partition coefficient (Wildman–Crippen LogP) is 2.08. The molecule has 1 saturated heterocycles. The van der Waals surface area contributed by atoms with Crippen LogP contribution in [-0.2, 0) is 6.54 Å². The Balaban J connectivity index is 1.73. The fourth-order valence-electron chi connectivity index (χ4n) is 2.25. The molecule has 1 heterocycles. The summed E-state index contributed by atoms with van der Waals surface area (Å²) in [5, 5.41) is 2.78. The lowest BCUT2D eigenvalue weighted by Crippen LogP contribution is -2.53. The first kappa shape index (κ1) is 15.6. The Labute approximate surface area is 121 Å². The third-order valence-corrected chi connectivity index (χ3v) is 3.35. The zero-order valence-corrected chi connectivity index (χ0v) is 11.6. The van der Waals surface area contributed by atoms with Crippen LogP contribution in [0.25, 0.3) is 0 Å². The summed E-state index contributed by atoms with van der Waals surface area (Å²) >= 11 is 0. The van der Waals surface area contributed by atoms with Crippen molar-refractivity contribution in [3.63, 3.8) is 0 Å². The number of halogens is 3. The maximum atomic E-state index is 12.3. The van der Waals surface area contributed by atoms with E-state index in [1.54, 1.807) is 4.90 Å². The minimum Gasteiger partial charge on any atom is -0.334 e. The molecule has 0 bridgehead atoms. The first-order valence-electron chi connectivity index (χ1n) is 6.80. The second kappa shape index (κ2) is 6.80. The lowest BCUT2D eigenvalue weighted by molar-refractivity contribution is -0.148. The third-order valence-electron chi connectivity index (χ3n) is 3.35. The number of benzene rings is 1. The van der Waals surface area contributed by atoms with Gasteiger partial charge in [-0.2, -0.15) is 13.2 Å². The zero-order chi connectivity index (χ0) is 15.3. The van der Waals surface area contributed by atoms with Gasteiger partial charge in [0.2, 0.25) is 0 Å². The molecule has 1 aliphatic rings. The molecule has 0 saturated carbocycles. The smallest absolute Gasteiger partial charge is 0.334 e. The number of nitrogens with one attached hydrogen (secondary N) is 1. The van der Waals surface area contributed by atoms with E-state index in [9.17, 15) is 18.0 Å². The maximum absolute atomic E-state index is 12.3. The zero-order valence-electron chi connectivity index (χ0n) is 11.6. The number of carbonyl (C=O) groups is 1. The van der Waals surface area contributed by atoms with Gasteiger partial charge in [0.1, 0.15) is 0 Å². The summed E-state index contributed by atoms with van der Waals surface area (Å²) in [6.45, 7) is 0.638. The fraction of sp³-hybridized carbons (Fsp3) is 0.500. The number of rotatable bonds is 3. The van der Waals surface area contributed by atoms with Crippen molar-refractivity contribution >= 4 is 6.03 Å². The van der Waals surface area contributed by atoms with Crippen LogP contribution in [0.15, 0.2) is 30.3 Å². The number of hydrogen-bond donors (Lipinski definition) is 1. The summed E-state index contributed by atoms with van der Waals surface area (Å²) in [4.78, 5) is 14.8. The van der Waals surface area contributed by atoms with Crippen molar-refractivity contribution in [2.45, 2.75) is 12.7 Å². The van der Waals surface area contributed by atoms with Crippen LogP contribution >= 0.6 is 0 Å². The number of alkyl halides is 3. The van der Waals surface area contributed by atoms with E-state index in [1.165, 1.54) is 4.90 Å². The predicted molar refractivity (Wildman–Crippen MR) is 72.7 cm³/mol. The molecule has 4 nitrogen and oxygen atoms in total. The quantitative estimate of drug-likeness (QED) is 0.928. The van der Waals surface area contributed by atoms with Crippen molar-refractivity contribution < 1.29 is 18.0 Å². The van der Waals surface area contributed by atoms with E-state index in [0.29, 0.717) is 19.6 Å². The average molecular weight is 301 g/mol. The molecule has 1 aliphatic heterocycles. The van der Waals surface area contributed by atoms with Gasteiger partial charge in [-0.1, -0.05) is 30.3 Å². The van der Waals surface area contributed by atoms with Gasteiger partial charge < -0.3 is 10.2 Å². The van der Waals surface area contributed by atoms with Crippen LogP contribution < -0.4 is 5.32 Å². The van der Waals surface area contributed by atoms with E-state index in [-0.39, 0.29) is 19.1 Å². The molecule has 0 unspecified atom stereocenters. The standard InChI is InChI=1S/C14H18F3N3O/c15-14(16,17)11-19-6-8-20(9-7-19)13(21)18-10-12-4-2-1-3-5-12/h1-5H,6-11H2,(H,18,21). The highest BCUT2D eigenvalue weighted by Crippen LogP contribution is 2.17. The lowest BCUT2D eigenvalue weighted by Gasteiger charge is -2.34. The Morgan fingerprint density at radius 3 is 2.29 bits per heavy atom. The molecular weight excluding hydrogens is 283 g/mol. The van der Waals surface area contributed by atoms with Gasteiger partial charge in [0.05, 0.1) is 6.54 Å². The Bertz CT molecular complexity index is 456. The van der Waals surface area contributed by atoms with Crippen LogP contribution in [0.2, 0.25) is 0 Å². The molecule has 21 heavy (non-hydrogen) atoms. The molecule has 1 aromatic rings. The minimum absolute atomic E-state index is 0.231. The number of amides is 2. The number of urea groups is 1. The van der Waals surface area contributed by atoms with E-state index in [4.69, 9.17) is 0 Å². The molecule has 0 radical (unpaired) electrons. The minimum atomic E-state index is -4.18. The first-order valence-corrected chi connectivity index (χ1v) is 6.80. The molecule has 0 aromatic heterocycles. The SMILES string of the molecule is O=C(NCc1ccccc1)N1CCN(CC(F)(F)F)CC1. The Morgan fingerprint density at radius 2 is 1.71 bits per heavy atom. The summed E-state index contributed by atoms with van der Waals surface area (Å²) in [5.41, 5.74) is 0.988. The van der Waals surface area contributed by atoms with Crippen molar-refractivity contribution in [3.05, 3.63) is 35.9 Å². The van der Waals surface area contributed by atoms with Gasteiger partial charge in [-0.25, -0.2) is 4.79 Å². The summed E-state index contributed by atoms with van der Waals surface area (Å²) < 4.78 is 36.8. The van der Waals surface area contributed by atoms with E-state index < -0.39 is 12.7 Å². The molecule has 7 heteroatoms. The monoisotopic (exact) mass is 301 g/mol. The summed E-state index contributed by atoms with van der Waals surface area (Å²) in [6, 6.07) is 9.24. The van der Waals surface area contributed by atoms with Crippen LogP contribution in [0.3, 0.4) is 0 Å².